The SMILES string of the molecule is CCOc1ccc(CC(=O)N2CCN(C)C(c3ccccc3F)C2)cc1. The number of nitrogens with zero attached hydrogens (tertiary/aromatic N) is 2. The van der Waals surface area contributed by atoms with Crippen LogP contribution in [0.5, 0.6) is 5.75 Å². The fourth-order valence-electron chi connectivity index (χ4n) is 3.34. The average molecular weight is 356 g/mol. The third-order valence-electron chi connectivity index (χ3n) is 4.85. The van der Waals surface area contributed by atoms with E-state index in [9.17, 15) is 9.18 Å². The van der Waals surface area contributed by atoms with Crippen molar-refractivity contribution in [2.75, 3.05) is 33.3 Å². The molecule has 0 bridgehead atoms. The van der Waals surface area contributed by atoms with Gasteiger partial charge in [0.2, 0.25) is 5.91 Å². The number of halogens is 1. The van der Waals surface area contributed by atoms with Gasteiger partial charge in [0, 0.05) is 25.2 Å². The molecular weight excluding hydrogens is 331 g/mol. The highest BCUT2D eigenvalue weighted by atomic mass is 19.1. The smallest absolute Gasteiger partial charge is 0.227 e. The van der Waals surface area contributed by atoms with E-state index in [1.807, 2.05) is 49.2 Å². The molecule has 0 N–H and O–H groups in total. The van der Waals surface area contributed by atoms with Crippen LogP contribution in [0.25, 0.3) is 0 Å². The molecule has 26 heavy (non-hydrogen) atoms. The lowest BCUT2D eigenvalue weighted by molar-refractivity contribution is -0.133. The van der Waals surface area contributed by atoms with Crippen LogP contribution in [-0.2, 0) is 11.2 Å². The van der Waals surface area contributed by atoms with Crippen LogP contribution < -0.4 is 4.74 Å². The lowest BCUT2D eigenvalue weighted by Gasteiger charge is -2.39. The third kappa shape index (κ3) is 4.22. The summed E-state index contributed by atoms with van der Waals surface area (Å²) < 4.78 is 19.6. The maximum absolute atomic E-state index is 14.2. The molecular formula is C21H25FN2O2. The van der Waals surface area contributed by atoms with Gasteiger partial charge in [-0.2, -0.15) is 0 Å². The maximum atomic E-state index is 14.2. The Kier molecular flexibility index (Phi) is 5.89. The van der Waals surface area contributed by atoms with Gasteiger partial charge in [0.05, 0.1) is 19.1 Å². The van der Waals surface area contributed by atoms with E-state index >= 15 is 0 Å². The number of hydrogen-bond acceptors (Lipinski definition) is 3. The van der Waals surface area contributed by atoms with E-state index in [2.05, 4.69) is 4.90 Å². The van der Waals surface area contributed by atoms with Crippen molar-refractivity contribution in [2.45, 2.75) is 19.4 Å². The Bertz CT molecular complexity index is 748. The van der Waals surface area contributed by atoms with Gasteiger partial charge in [-0.3, -0.25) is 9.69 Å². The van der Waals surface area contributed by atoms with Crippen LogP contribution in [0.4, 0.5) is 4.39 Å². The van der Waals surface area contributed by atoms with Gasteiger partial charge in [-0.25, -0.2) is 4.39 Å². The summed E-state index contributed by atoms with van der Waals surface area (Å²) in [4.78, 5) is 16.7. The van der Waals surface area contributed by atoms with Crippen molar-refractivity contribution in [2.24, 2.45) is 0 Å². The van der Waals surface area contributed by atoms with E-state index in [1.165, 1.54) is 6.07 Å². The van der Waals surface area contributed by atoms with Crippen LogP contribution in [-0.4, -0.2) is 49.0 Å². The van der Waals surface area contributed by atoms with Gasteiger partial charge in [-0.15, -0.1) is 0 Å². The standard InChI is InChI=1S/C21H25FN2O2/c1-3-26-17-10-8-16(9-11-17)14-21(25)24-13-12-23(2)20(15-24)18-6-4-5-7-19(18)22/h4-11,20H,3,12-15H2,1-2H3. The quantitative estimate of drug-likeness (QED) is 0.824. The Morgan fingerprint density at radius 2 is 1.88 bits per heavy atom. The first-order valence-electron chi connectivity index (χ1n) is 9.02. The van der Waals surface area contributed by atoms with E-state index in [1.54, 1.807) is 12.1 Å². The van der Waals surface area contributed by atoms with Crippen LogP contribution in [0.2, 0.25) is 0 Å². The summed E-state index contributed by atoms with van der Waals surface area (Å²) in [7, 11) is 1.98. The summed E-state index contributed by atoms with van der Waals surface area (Å²) in [6.45, 7) is 4.46. The number of carbonyl (C=O) groups is 1. The highest BCUT2D eigenvalue weighted by Crippen LogP contribution is 2.26. The minimum absolute atomic E-state index is 0.0728. The fraction of sp³-hybridized carbons (Fsp3) is 0.381. The topological polar surface area (TPSA) is 32.8 Å². The van der Waals surface area contributed by atoms with Gasteiger partial charge in [0.25, 0.3) is 0 Å². The van der Waals surface area contributed by atoms with E-state index in [0.29, 0.717) is 31.7 Å². The molecule has 0 saturated carbocycles. The van der Waals surface area contributed by atoms with Gasteiger partial charge in [-0.05, 0) is 37.7 Å². The summed E-state index contributed by atoms with van der Waals surface area (Å²) in [5.41, 5.74) is 1.60. The second kappa shape index (κ2) is 8.32. The zero-order chi connectivity index (χ0) is 18.5. The molecule has 1 aliphatic heterocycles. The largest absolute Gasteiger partial charge is 0.494 e. The van der Waals surface area contributed by atoms with Crippen LogP contribution in [0, 0.1) is 5.82 Å². The minimum atomic E-state index is -0.217. The second-order valence-electron chi connectivity index (χ2n) is 6.61. The molecule has 4 nitrogen and oxygen atoms in total. The highest BCUT2D eigenvalue weighted by molar-refractivity contribution is 5.79. The number of hydrogen-bond donors (Lipinski definition) is 0. The summed E-state index contributed by atoms with van der Waals surface area (Å²) in [6, 6.07) is 14.3. The molecule has 1 atom stereocenters. The molecule has 3 rings (SSSR count). The predicted molar refractivity (Wildman–Crippen MR) is 99.7 cm³/mol. The first kappa shape index (κ1) is 18.4. The maximum Gasteiger partial charge on any atom is 0.227 e. The van der Waals surface area contributed by atoms with Crippen molar-refractivity contribution < 1.29 is 13.9 Å². The molecule has 0 aromatic heterocycles. The summed E-state index contributed by atoms with van der Waals surface area (Å²) in [5.74, 6) is 0.664. The van der Waals surface area contributed by atoms with Crippen LogP contribution in [0.15, 0.2) is 48.5 Å². The Morgan fingerprint density at radius 3 is 2.58 bits per heavy atom. The van der Waals surface area contributed by atoms with E-state index in [4.69, 9.17) is 4.74 Å². The molecule has 2 aromatic carbocycles. The number of ether oxygens (including phenoxy) is 1. The van der Waals surface area contributed by atoms with E-state index in [-0.39, 0.29) is 17.8 Å². The molecule has 1 aliphatic rings. The van der Waals surface area contributed by atoms with E-state index in [0.717, 1.165) is 17.9 Å². The van der Waals surface area contributed by atoms with Gasteiger partial charge in [-0.1, -0.05) is 30.3 Å². The first-order valence-corrected chi connectivity index (χ1v) is 9.02. The lowest BCUT2D eigenvalue weighted by atomic mass is 10.0. The molecule has 0 aliphatic carbocycles. The Hall–Kier alpha value is -2.40. The predicted octanol–water partition coefficient (Wildman–Crippen LogP) is 3.28. The Labute approximate surface area is 154 Å². The molecule has 5 heteroatoms. The van der Waals surface area contributed by atoms with Gasteiger partial charge >= 0.3 is 0 Å². The normalized spacial score (nSPS) is 18.0. The van der Waals surface area contributed by atoms with Gasteiger partial charge < -0.3 is 9.64 Å². The zero-order valence-corrected chi connectivity index (χ0v) is 15.3. The van der Waals surface area contributed by atoms with Crippen molar-refractivity contribution in [1.82, 2.24) is 9.80 Å². The monoisotopic (exact) mass is 356 g/mol. The van der Waals surface area contributed by atoms with E-state index < -0.39 is 0 Å². The van der Waals surface area contributed by atoms with Crippen LogP contribution >= 0.6 is 0 Å². The molecule has 1 amide bonds. The van der Waals surface area contributed by atoms with Crippen molar-refractivity contribution in [1.29, 1.82) is 0 Å². The number of benzene rings is 2. The summed E-state index contributed by atoms with van der Waals surface area (Å²) >= 11 is 0. The highest BCUT2D eigenvalue weighted by Gasteiger charge is 2.29. The molecule has 0 radical (unpaired) electrons. The molecule has 1 fully saturated rings. The summed E-state index contributed by atoms with van der Waals surface area (Å²) in [5, 5.41) is 0. The molecule has 1 heterocycles. The van der Waals surface area contributed by atoms with Crippen LogP contribution in [0.3, 0.4) is 0 Å². The molecule has 1 unspecified atom stereocenters. The number of piperazine rings is 1. The molecule has 138 valence electrons. The Balaban J connectivity index is 1.67. The Morgan fingerprint density at radius 1 is 1.15 bits per heavy atom. The van der Waals surface area contributed by atoms with Crippen molar-refractivity contribution in [3.05, 3.63) is 65.5 Å². The zero-order valence-electron chi connectivity index (χ0n) is 15.3. The number of rotatable bonds is 5. The molecule has 2 aromatic rings. The van der Waals surface area contributed by atoms with Crippen molar-refractivity contribution in [3.8, 4) is 5.75 Å². The minimum Gasteiger partial charge on any atom is -0.494 e. The third-order valence-corrected chi connectivity index (χ3v) is 4.85. The number of likely N-dealkylation sites (N-methyl/N-ethyl adjacent to an activating group) is 1. The number of carbonyl (C=O) groups excluding carboxylic acids is 1. The van der Waals surface area contributed by atoms with Gasteiger partial charge in [0.15, 0.2) is 0 Å². The lowest BCUT2D eigenvalue weighted by Crippen LogP contribution is -2.49. The second-order valence-corrected chi connectivity index (χ2v) is 6.61. The fourth-order valence-corrected chi connectivity index (χ4v) is 3.34. The van der Waals surface area contributed by atoms with Crippen molar-refractivity contribution >= 4 is 5.91 Å². The summed E-state index contributed by atoms with van der Waals surface area (Å²) in [6.07, 6.45) is 0.347. The van der Waals surface area contributed by atoms with Gasteiger partial charge in [0.1, 0.15) is 11.6 Å². The molecule has 0 spiro atoms. The molecule has 1 saturated heterocycles. The average Bonchev–Trinajstić information content (AvgIpc) is 2.64. The van der Waals surface area contributed by atoms with Crippen molar-refractivity contribution in [3.63, 3.8) is 0 Å². The number of amides is 1. The van der Waals surface area contributed by atoms with Crippen LogP contribution in [0.1, 0.15) is 24.1 Å². The first-order chi connectivity index (χ1) is 12.6.